The molecule has 1 aromatic rings. The van der Waals surface area contributed by atoms with E-state index < -0.39 is 6.10 Å². The fourth-order valence-electron chi connectivity index (χ4n) is 2.74. The zero-order valence-corrected chi connectivity index (χ0v) is 14.1. The van der Waals surface area contributed by atoms with Crippen LogP contribution < -0.4 is 0 Å². The first kappa shape index (κ1) is 17.9. The third-order valence-electron chi connectivity index (χ3n) is 4.18. The summed E-state index contributed by atoms with van der Waals surface area (Å²) in [5.74, 6) is 0. The van der Waals surface area contributed by atoms with Gasteiger partial charge in [-0.25, -0.2) is 0 Å². The van der Waals surface area contributed by atoms with Crippen molar-refractivity contribution in [3.8, 4) is 6.07 Å². The maximum Gasteiger partial charge on any atom is 0.0991 e. The zero-order chi connectivity index (χ0) is 16.7. The standard InChI is InChI=1S/C18H27N3O2/c1-15(2)23-12-11-20-7-9-21(10-8-20)14-18(22)17-5-3-16(13-19)4-6-17/h3-6,15,18,22H,7-12,14H2,1-2H3. The van der Waals surface area contributed by atoms with E-state index in [4.69, 9.17) is 10.00 Å². The molecule has 1 aromatic carbocycles. The van der Waals surface area contributed by atoms with Gasteiger partial charge in [0.25, 0.3) is 0 Å². The molecule has 5 nitrogen and oxygen atoms in total. The topological polar surface area (TPSA) is 59.7 Å². The van der Waals surface area contributed by atoms with Crippen molar-refractivity contribution >= 4 is 0 Å². The van der Waals surface area contributed by atoms with Crippen LogP contribution in [0.5, 0.6) is 0 Å². The molecule has 0 radical (unpaired) electrons. The van der Waals surface area contributed by atoms with E-state index in [0.717, 1.165) is 44.9 Å². The number of aliphatic hydroxyl groups is 1. The van der Waals surface area contributed by atoms with Gasteiger partial charge in [-0.1, -0.05) is 12.1 Å². The van der Waals surface area contributed by atoms with Crippen molar-refractivity contribution in [1.29, 1.82) is 5.26 Å². The molecule has 1 atom stereocenters. The summed E-state index contributed by atoms with van der Waals surface area (Å²) < 4.78 is 5.59. The molecule has 1 saturated heterocycles. The summed E-state index contributed by atoms with van der Waals surface area (Å²) in [7, 11) is 0. The van der Waals surface area contributed by atoms with Gasteiger partial charge in [-0.2, -0.15) is 5.26 Å². The van der Waals surface area contributed by atoms with Gasteiger partial charge in [0, 0.05) is 39.3 Å². The molecule has 0 spiro atoms. The third kappa shape index (κ3) is 5.92. The van der Waals surface area contributed by atoms with E-state index in [9.17, 15) is 5.11 Å². The van der Waals surface area contributed by atoms with Gasteiger partial charge in [-0.3, -0.25) is 9.80 Å². The fraction of sp³-hybridized carbons (Fsp3) is 0.611. The first-order valence-corrected chi connectivity index (χ1v) is 8.33. The van der Waals surface area contributed by atoms with Gasteiger partial charge in [-0.15, -0.1) is 0 Å². The smallest absolute Gasteiger partial charge is 0.0991 e. The monoisotopic (exact) mass is 317 g/mol. The van der Waals surface area contributed by atoms with Gasteiger partial charge in [0.2, 0.25) is 0 Å². The normalized spacial score (nSPS) is 18.0. The van der Waals surface area contributed by atoms with Crippen LogP contribution in [-0.4, -0.2) is 66.9 Å². The molecule has 0 saturated carbocycles. The van der Waals surface area contributed by atoms with Crippen LogP contribution in [0.25, 0.3) is 0 Å². The minimum Gasteiger partial charge on any atom is -0.387 e. The maximum atomic E-state index is 10.3. The molecule has 1 fully saturated rings. The van der Waals surface area contributed by atoms with Gasteiger partial charge in [0.15, 0.2) is 0 Å². The minimum absolute atomic E-state index is 0.291. The van der Waals surface area contributed by atoms with Gasteiger partial charge < -0.3 is 9.84 Å². The van der Waals surface area contributed by atoms with E-state index >= 15 is 0 Å². The SMILES string of the molecule is CC(C)OCCN1CCN(CC(O)c2ccc(C#N)cc2)CC1. The van der Waals surface area contributed by atoms with Crippen molar-refractivity contribution < 1.29 is 9.84 Å². The molecule has 0 amide bonds. The van der Waals surface area contributed by atoms with Crippen molar-refractivity contribution in [3.05, 3.63) is 35.4 Å². The highest BCUT2D eigenvalue weighted by atomic mass is 16.5. The molecular formula is C18H27N3O2. The summed E-state index contributed by atoms with van der Waals surface area (Å²) in [6.07, 6.45) is -0.211. The van der Waals surface area contributed by atoms with Crippen molar-refractivity contribution in [1.82, 2.24) is 9.80 Å². The van der Waals surface area contributed by atoms with E-state index in [0.29, 0.717) is 18.2 Å². The summed E-state index contributed by atoms with van der Waals surface area (Å²) in [5.41, 5.74) is 1.50. The molecule has 1 unspecified atom stereocenters. The highest BCUT2D eigenvalue weighted by Gasteiger charge is 2.19. The van der Waals surface area contributed by atoms with Crippen LogP contribution in [0.2, 0.25) is 0 Å². The summed E-state index contributed by atoms with van der Waals surface area (Å²) in [5, 5.41) is 19.2. The number of nitriles is 1. The van der Waals surface area contributed by atoms with Crippen LogP contribution in [0.1, 0.15) is 31.1 Å². The zero-order valence-electron chi connectivity index (χ0n) is 14.1. The molecule has 0 aromatic heterocycles. The van der Waals surface area contributed by atoms with Gasteiger partial charge in [0.05, 0.1) is 30.4 Å². The summed E-state index contributed by atoms with van der Waals surface area (Å²) in [6, 6.07) is 9.28. The highest BCUT2D eigenvalue weighted by molar-refractivity contribution is 5.32. The number of hydrogen-bond donors (Lipinski definition) is 1. The highest BCUT2D eigenvalue weighted by Crippen LogP contribution is 2.16. The Balaban J connectivity index is 1.72. The van der Waals surface area contributed by atoms with Crippen LogP contribution in [0.15, 0.2) is 24.3 Å². The van der Waals surface area contributed by atoms with Crippen molar-refractivity contribution in [2.45, 2.75) is 26.1 Å². The molecular weight excluding hydrogens is 290 g/mol. The molecule has 126 valence electrons. The number of β-amino-alcohol motifs (C(OH)–C–C–N with tert-alkyl or cyclic N) is 1. The van der Waals surface area contributed by atoms with Gasteiger partial charge in [0.1, 0.15) is 0 Å². The Hall–Kier alpha value is -1.45. The number of ether oxygens (including phenoxy) is 1. The molecule has 5 heteroatoms. The first-order valence-electron chi connectivity index (χ1n) is 8.33. The first-order chi connectivity index (χ1) is 11.1. The number of benzene rings is 1. The van der Waals surface area contributed by atoms with Crippen LogP contribution in [0, 0.1) is 11.3 Å². The van der Waals surface area contributed by atoms with Crippen LogP contribution in [0.4, 0.5) is 0 Å². The second kappa shape index (κ2) is 8.99. The van der Waals surface area contributed by atoms with Crippen molar-refractivity contribution in [3.63, 3.8) is 0 Å². The fourth-order valence-corrected chi connectivity index (χ4v) is 2.74. The van der Waals surface area contributed by atoms with Gasteiger partial charge in [-0.05, 0) is 31.5 Å². The number of piperazine rings is 1. The Morgan fingerprint density at radius 1 is 1.13 bits per heavy atom. The third-order valence-corrected chi connectivity index (χ3v) is 4.18. The molecule has 1 aliphatic rings. The Labute approximate surface area is 139 Å². The second-order valence-corrected chi connectivity index (χ2v) is 6.31. The molecule has 1 heterocycles. The minimum atomic E-state index is -0.501. The Morgan fingerprint density at radius 3 is 2.30 bits per heavy atom. The lowest BCUT2D eigenvalue weighted by Gasteiger charge is -2.35. The van der Waals surface area contributed by atoms with Crippen LogP contribution in [0.3, 0.4) is 0 Å². The average molecular weight is 317 g/mol. The molecule has 1 aliphatic heterocycles. The Bertz CT molecular complexity index is 502. The number of rotatable bonds is 7. The average Bonchev–Trinajstić information content (AvgIpc) is 2.56. The maximum absolute atomic E-state index is 10.3. The number of hydrogen-bond acceptors (Lipinski definition) is 5. The largest absolute Gasteiger partial charge is 0.387 e. The van der Waals surface area contributed by atoms with Crippen molar-refractivity contribution in [2.24, 2.45) is 0 Å². The Morgan fingerprint density at radius 2 is 1.74 bits per heavy atom. The molecule has 23 heavy (non-hydrogen) atoms. The molecule has 0 aliphatic carbocycles. The van der Waals surface area contributed by atoms with E-state index in [-0.39, 0.29) is 0 Å². The lowest BCUT2D eigenvalue weighted by Crippen LogP contribution is -2.48. The summed E-state index contributed by atoms with van der Waals surface area (Å²) in [4.78, 5) is 4.70. The quantitative estimate of drug-likeness (QED) is 0.828. The van der Waals surface area contributed by atoms with E-state index in [1.165, 1.54) is 0 Å². The lowest BCUT2D eigenvalue weighted by atomic mass is 10.1. The molecule has 2 rings (SSSR count). The molecule has 1 N–H and O–H groups in total. The van der Waals surface area contributed by atoms with E-state index in [1.54, 1.807) is 12.1 Å². The lowest BCUT2D eigenvalue weighted by molar-refractivity contribution is 0.0347. The van der Waals surface area contributed by atoms with Gasteiger partial charge >= 0.3 is 0 Å². The van der Waals surface area contributed by atoms with Crippen molar-refractivity contribution in [2.75, 3.05) is 45.9 Å². The van der Waals surface area contributed by atoms with Crippen LogP contribution in [-0.2, 0) is 4.74 Å². The van der Waals surface area contributed by atoms with E-state index in [2.05, 4.69) is 29.7 Å². The number of nitrogens with zero attached hydrogens (tertiary/aromatic N) is 3. The number of aliphatic hydroxyl groups excluding tert-OH is 1. The molecule has 0 bridgehead atoms. The van der Waals surface area contributed by atoms with E-state index in [1.807, 2.05) is 12.1 Å². The second-order valence-electron chi connectivity index (χ2n) is 6.31. The Kier molecular flexibility index (Phi) is 7.00. The predicted octanol–water partition coefficient (Wildman–Crippen LogP) is 1.63. The predicted molar refractivity (Wildman–Crippen MR) is 90.1 cm³/mol. The summed E-state index contributed by atoms with van der Waals surface area (Å²) >= 11 is 0. The van der Waals surface area contributed by atoms with Crippen LogP contribution >= 0.6 is 0 Å². The summed E-state index contributed by atoms with van der Waals surface area (Å²) in [6.45, 7) is 10.5.